The lowest BCUT2D eigenvalue weighted by molar-refractivity contribution is 0.544. The zero-order chi connectivity index (χ0) is 9.61. The highest BCUT2D eigenvalue weighted by molar-refractivity contribution is 6.17. The summed E-state index contributed by atoms with van der Waals surface area (Å²) in [6.45, 7) is 9.99. The minimum Gasteiger partial charge on any atom is -0.103 e. The Kier molecular flexibility index (Phi) is 5.50. The Hall–Kier alpha value is -0.0862. The minimum atomic E-state index is 0.581. The summed E-state index contributed by atoms with van der Waals surface area (Å²) in [4.78, 5) is 0. The molecule has 0 aliphatic carbocycles. The third-order valence-electron chi connectivity index (χ3n) is 2.17. The summed E-state index contributed by atoms with van der Waals surface area (Å²) in [5, 5.41) is 0.581. The van der Waals surface area contributed by atoms with E-state index in [0.717, 1.165) is 5.54 Å². The highest BCUT2D eigenvalue weighted by atomic mass is 28.1. The first-order valence-corrected chi connectivity index (χ1v) is 6.89. The topological polar surface area (TPSA) is 0 Å². The van der Waals surface area contributed by atoms with Gasteiger partial charge in [-0.2, -0.15) is 0 Å². The molecule has 12 heavy (non-hydrogen) atoms. The fourth-order valence-electron chi connectivity index (χ4n) is 1.79. The van der Waals surface area contributed by atoms with Crippen LogP contribution in [0, 0.1) is 0 Å². The van der Waals surface area contributed by atoms with Crippen molar-refractivity contribution < 1.29 is 0 Å². The molecule has 0 heterocycles. The van der Waals surface area contributed by atoms with E-state index in [-0.39, 0.29) is 0 Å². The van der Waals surface area contributed by atoms with Crippen LogP contribution >= 0.6 is 0 Å². The summed E-state index contributed by atoms with van der Waals surface area (Å²) in [6, 6.07) is 0. The molecule has 2 atom stereocenters. The minimum absolute atomic E-state index is 0.581. The first kappa shape index (κ1) is 11.9. The van der Waals surface area contributed by atoms with E-state index in [1.807, 2.05) is 0 Å². The van der Waals surface area contributed by atoms with Crippen LogP contribution < -0.4 is 0 Å². The van der Waals surface area contributed by atoms with Gasteiger partial charge in [-0.15, -0.1) is 13.2 Å². The van der Waals surface area contributed by atoms with Crippen LogP contribution in [0.15, 0.2) is 25.3 Å². The van der Waals surface area contributed by atoms with Crippen molar-refractivity contribution in [1.82, 2.24) is 0 Å². The quantitative estimate of drug-likeness (QED) is 0.445. The van der Waals surface area contributed by atoms with Gasteiger partial charge in [-0.05, 0) is 17.9 Å². The van der Waals surface area contributed by atoms with E-state index in [4.69, 9.17) is 0 Å². The molecule has 0 aromatic carbocycles. The van der Waals surface area contributed by atoms with E-state index in [2.05, 4.69) is 32.2 Å². The Balaban J connectivity index is 3.85. The summed E-state index contributed by atoms with van der Waals surface area (Å²) in [7, 11) is 2.58. The smallest absolute Gasteiger partial charge is 0.0107 e. The summed E-state index contributed by atoms with van der Waals surface area (Å²) in [5.41, 5.74) is 0.921. The second-order valence-electron chi connectivity index (χ2n) is 4.49. The van der Waals surface area contributed by atoms with Crippen LogP contribution in [0.3, 0.4) is 0 Å². The van der Waals surface area contributed by atoms with E-state index in [0.29, 0.717) is 5.04 Å². The lowest BCUT2D eigenvalue weighted by Crippen LogP contribution is -2.10. The van der Waals surface area contributed by atoms with Crippen molar-refractivity contribution in [2.75, 3.05) is 0 Å². The second kappa shape index (κ2) is 5.54. The van der Waals surface area contributed by atoms with E-state index < -0.39 is 0 Å². The second-order valence-corrected chi connectivity index (χ2v) is 8.54. The van der Waals surface area contributed by atoms with Gasteiger partial charge in [-0.1, -0.05) is 31.0 Å². The summed E-state index contributed by atoms with van der Waals surface area (Å²) in [5.74, 6) is 0. The average Bonchev–Trinajstić information content (AvgIpc) is 1.85. The summed E-state index contributed by atoms with van der Waals surface area (Å²) in [6.07, 6.45) is 7.90. The van der Waals surface area contributed by atoms with Gasteiger partial charge in [-0.3, -0.25) is 0 Å². The molecule has 0 radical (unpaired) electrons. The fourth-order valence-corrected chi connectivity index (χ4v) is 5.03. The highest BCUT2D eigenvalue weighted by Crippen LogP contribution is 2.36. The Morgan fingerprint density at radius 2 is 2.00 bits per heavy atom. The van der Waals surface area contributed by atoms with Crippen molar-refractivity contribution in [3.8, 4) is 0 Å². The molecule has 2 unspecified atom stereocenters. The zero-order valence-corrected chi connectivity index (χ0v) is 12.8. The maximum absolute atomic E-state index is 3.81. The third-order valence-corrected chi connectivity index (χ3v) is 3.86. The molecule has 0 aromatic heterocycles. The van der Waals surface area contributed by atoms with E-state index in [9.17, 15) is 0 Å². The van der Waals surface area contributed by atoms with E-state index >= 15 is 0 Å². The van der Waals surface area contributed by atoms with Crippen molar-refractivity contribution in [2.45, 2.75) is 36.8 Å². The first-order chi connectivity index (χ1) is 5.52. The van der Waals surface area contributed by atoms with Crippen LogP contribution in [0.5, 0.6) is 0 Å². The first-order valence-electron chi connectivity index (χ1n) is 4.73. The van der Waals surface area contributed by atoms with Crippen molar-refractivity contribution in [1.29, 1.82) is 0 Å². The average molecular weight is 198 g/mol. The van der Waals surface area contributed by atoms with Gasteiger partial charge < -0.3 is 0 Å². The molecular weight excluding hydrogens is 176 g/mol. The number of rotatable bonds is 6. The Bertz CT molecular complexity index is 150. The molecule has 0 aromatic rings. The monoisotopic (exact) mass is 198 g/mol. The standard InChI is InChI=1S/C10H22Si2/c1-4-6-9(11)8-10(3,12)7-5-2/h4-5,9H,1-2,6-8H2,3,11-12H3. The van der Waals surface area contributed by atoms with Gasteiger partial charge in [0.25, 0.3) is 0 Å². The van der Waals surface area contributed by atoms with Gasteiger partial charge in [0, 0.05) is 20.5 Å². The predicted octanol–water partition coefficient (Wildman–Crippen LogP) is 1.23. The molecule has 0 spiro atoms. The molecule has 0 saturated heterocycles. The molecular formula is C10H22Si2. The van der Waals surface area contributed by atoms with E-state index in [1.165, 1.54) is 39.7 Å². The third kappa shape index (κ3) is 5.55. The van der Waals surface area contributed by atoms with Crippen LogP contribution in [0.2, 0.25) is 10.6 Å². The molecule has 0 saturated carbocycles. The van der Waals surface area contributed by atoms with Gasteiger partial charge in [0.15, 0.2) is 0 Å². The largest absolute Gasteiger partial charge is 0.103 e. The molecule has 0 aliphatic rings. The predicted molar refractivity (Wildman–Crippen MR) is 66.2 cm³/mol. The molecule has 2 heteroatoms. The lowest BCUT2D eigenvalue weighted by atomic mass is 9.98. The molecule has 0 nitrogen and oxygen atoms in total. The zero-order valence-electron chi connectivity index (χ0n) is 8.77. The number of hydrogen-bond acceptors (Lipinski definition) is 0. The van der Waals surface area contributed by atoms with Crippen molar-refractivity contribution in [3.05, 3.63) is 25.3 Å². The lowest BCUT2D eigenvalue weighted by Gasteiger charge is -2.26. The number of hydrogen-bond donors (Lipinski definition) is 0. The summed E-state index contributed by atoms with van der Waals surface area (Å²) >= 11 is 0. The SMILES string of the molecule is C=CCC([SiH3])CC(C)([SiH3])CC=C. The molecule has 70 valence electrons. The molecule has 0 N–H and O–H groups in total. The maximum atomic E-state index is 3.81. The molecule has 0 bridgehead atoms. The van der Waals surface area contributed by atoms with Crippen molar-refractivity contribution >= 4 is 20.5 Å². The van der Waals surface area contributed by atoms with E-state index in [1.54, 1.807) is 0 Å². The molecule has 0 fully saturated rings. The van der Waals surface area contributed by atoms with Crippen LogP contribution in [0.4, 0.5) is 0 Å². The fraction of sp³-hybridized carbons (Fsp3) is 0.600. The Morgan fingerprint density at radius 1 is 1.42 bits per heavy atom. The normalized spacial score (nSPS) is 18.4. The van der Waals surface area contributed by atoms with Gasteiger partial charge in [0.2, 0.25) is 0 Å². The molecule has 0 rings (SSSR count). The van der Waals surface area contributed by atoms with Crippen molar-refractivity contribution in [3.63, 3.8) is 0 Å². The molecule has 0 amide bonds. The van der Waals surface area contributed by atoms with Gasteiger partial charge in [-0.25, -0.2) is 0 Å². The van der Waals surface area contributed by atoms with Crippen LogP contribution in [-0.4, -0.2) is 20.5 Å². The Morgan fingerprint density at radius 3 is 2.42 bits per heavy atom. The maximum Gasteiger partial charge on any atom is 0.0107 e. The van der Waals surface area contributed by atoms with Crippen LogP contribution in [0.25, 0.3) is 0 Å². The van der Waals surface area contributed by atoms with Crippen LogP contribution in [-0.2, 0) is 0 Å². The highest BCUT2D eigenvalue weighted by Gasteiger charge is 2.18. The number of allylic oxidation sites excluding steroid dienone is 2. The Labute approximate surface area is 83.0 Å². The van der Waals surface area contributed by atoms with Crippen LogP contribution in [0.1, 0.15) is 26.2 Å². The van der Waals surface area contributed by atoms with Crippen molar-refractivity contribution in [2.24, 2.45) is 0 Å². The van der Waals surface area contributed by atoms with Gasteiger partial charge >= 0.3 is 0 Å². The molecule has 0 aliphatic heterocycles. The summed E-state index contributed by atoms with van der Waals surface area (Å²) < 4.78 is 0. The van der Waals surface area contributed by atoms with Gasteiger partial charge in [0.05, 0.1) is 0 Å². The van der Waals surface area contributed by atoms with Gasteiger partial charge in [0.1, 0.15) is 0 Å².